The highest BCUT2D eigenvalue weighted by Crippen LogP contribution is 2.30. The second kappa shape index (κ2) is 11.1. The lowest BCUT2D eigenvalue weighted by atomic mass is 9.94. The second-order valence-corrected chi connectivity index (χ2v) is 8.10. The fraction of sp³-hybridized carbons (Fsp3) is 0.520. The number of fused-ring (bicyclic) bond motifs is 1. The summed E-state index contributed by atoms with van der Waals surface area (Å²) in [7, 11) is 1.64. The lowest BCUT2D eigenvalue weighted by molar-refractivity contribution is -0.126. The van der Waals surface area contributed by atoms with Crippen LogP contribution >= 0.6 is 0 Å². The Balaban J connectivity index is 1.53. The third-order valence-corrected chi connectivity index (χ3v) is 6.33. The minimum absolute atomic E-state index is 0.00915. The predicted octanol–water partition coefficient (Wildman–Crippen LogP) is 3.55. The van der Waals surface area contributed by atoms with Gasteiger partial charge in [-0.3, -0.25) is 9.59 Å². The zero-order valence-corrected chi connectivity index (χ0v) is 19.0. The largest absolute Gasteiger partial charge is 0.496 e. The van der Waals surface area contributed by atoms with E-state index in [-0.39, 0.29) is 17.7 Å². The molecular formula is C25H35N3O3. The Morgan fingerprint density at radius 3 is 2.39 bits per heavy atom. The van der Waals surface area contributed by atoms with E-state index in [1.807, 2.05) is 41.3 Å². The van der Waals surface area contributed by atoms with Crippen LogP contribution in [0.4, 0.5) is 0 Å². The van der Waals surface area contributed by atoms with E-state index in [9.17, 15) is 9.59 Å². The number of amides is 2. The maximum absolute atomic E-state index is 13.2. The average Bonchev–Trinajstić information content (AvgIpc) is 2.83. The molecule has 0 aliphatic carbocycles. The fourth-order valence-electron chi connectivity index (χ4n) is 4.35. The highest BCUT2D eigenvalue weighted by molar-refractivity contribution is 6.08. The summed E-state index contributed by atoms with van der Waals surface area (Å²) in [6.45, 7) is 9.34. The van der Waals surface area contributed by atoms with Crippen molar-refractivity contribution in [3.63, 3.8) is 0 Å². The molecule has 31 heavy (non-hydrogen) atoms. The van der Waals surface area contributed by atoms with Crippen LogP contribution in [0.15, 0.2) is 36.4 Å². The Kier molecular flexibility index (Phi) is 8.29. The SMILES string of the molecule is CCN(CC)CCCNC(=O)C1CCN(C(=O)c2ccc(OC)c3ccccc23)CC1. The number of likely N-dealkylation sites (tertiary alicyclic amines) is 1. The van der Waals surface area contributed by atoms with Gasteiger partial charge in [-0.15, -0.1) is 0 Å². The molecule has 1 N–H and O–H groups in total. The van der Waals surface area contributed by atoms with E-state index in [0.717, 1.165) is 42.6 Å². The molecule has 168 valence electrons. The summed E-state index contributed by atoms with van der Waals surface area (Å²) in [6, 6.07) is 11.5. The van der Waals surface area contributed by atoms with Gasteiger partial charge in [0, 0.05) is 36.5 Å². The van der Waals surface area contributed by atoms with E-state index in [1.165, 1.54) is 0 Å². The quantitative estimate of drug-likeness (QED) is 0.624. The van der Waals surface area contributed by atoms with Gasteiger partial charge in [-0.25, -0.2) is 0 Å². The maximum atomic E-state index is 13.2. The molecule has 0 radical (unpaired) electrons. The number of methoxy groups -OCH3 is 1. The monoisotopic (exact) mass is 425 g/mol. The molecule has 3 rings (SSSR count). The molecule has 1 heterocycles. The number of nitrogens with one attached hydrogen (secondary N) is 1. The Hall–Kier alpha value is -2.60. The molecule has 2 aromatic carbocycles. The molecule has 0 aromatic heterocycles. The molecule has 0 atom stereocenters. The molecule has 1 saturated heterocycles. The summed E-state index contributed by atoms with van der Waals surface area (Å²) < 4.78 is 5.44. The van der Waals surface area contributed by atoms with Gasteiger partial charge >= 0.3 is 0 Å². The Morgan fingerprint density at radius 2 is 1.74 bits per heavy atom. The summed E-state index contributed by atoms with van der Waals surface area (Å²) >= 11 is 0. The smallest absolute Gasteiger partial charge is 0.254 e. The molecule has 2 aromatic rings. The van der Waals surface area contributed by atoms with Crippen LogP contribution in [0.5, 0.6) is 5.75 Å². The normalized spacial score (nSPS) is 14.8. The van der Waals surface area contributed by atoms with E-state index >= 15 is 0 Å². The minimum Gasteiger partial charge on any atom is -0.496 e. The third kappa shape index (κ3) is 5.56. The van der Waals surface area contributed by atoms with Crippen LogP contribution in [-0.2, 0) is 4.79 Å². The number of nitrogens with zero attached hydrogens (tertiary/aromatic N) is 2. The number of ether oxygens (including phenoxy) is 1. The van der Waals surface area contributed by atoms with Crippen molar-refractivity contribution >= 4 is 22.6 Å². The first-order valence-electron chi connectivity index (χ1n) is 11.4. The van der Waals surface area contributed by atoms with E-state index in [1.54, 1.807) is 7.11 Å². The van der Waals surface area contributed by atoms with Gasteiger partial charge in [0.25, 0.3) is 5.91 Å². The van der Waals surface area contributed by atoms with Crippen molar-refractivity contribution in [2.75, 3.05) is 46.4 Å². The van der Waals surface area contributed by atoms with Gasteiger partial charge in [0.1, 0.15) is 5.75 Å². The number of carbonyl (C=O) groups is 2. The van der Waals surface area contributed by atoms with Crippen LogP contribution in [0.1, 0.15) is 43.5 Å². The minimum atomic E-state index is -0.00915. The number of hydrogen-bond acceptors (Lipinski definition) is 4. The Bertz CT molecular complexity index is 887. The zero-order valence-electron chi connectivity index (χ0n) is 19.0. The molecular weight excluding hydrogens is 390 g/mol. The molecule has 6 heteroatoms. The summed E-state index contributed by atoms with van der Waals surface area (Å²) in [5.74, 6) is 0.909. The van der Waals surface area contributed by atoms with E-state index in [4.69, 9.17) is 4.74 Å². The van der Waals surface area contributed by atoms with Crippen LogP contribution < -0.4 is 10.1 Å². The van der Waals surface area contributed by atoms with Crippen LogP contribution in [0.3, 0.4) is 0 Å². The van der Waals surface area contributed by atoms with E-state index in [2.05, 4.69) is 24.1 Å². The van der Waals surface area contributed by atoms with Crippen molar-refractivity contribution in [1.82, 2.24) is 15.1 Å². The molecule has 0 spiro atoms. The molecule has 6 nitrogen and oxygen atoms in total. The van der Waals surface area contributed by atoms with Crippen LogP contribution in [0.25, 0.3) is 10.8 Å². The molecule has 1 fully saturated rings. The van der Waals surface area contributed by atoms with Crippen molar-refractivity contribution in [2.24, 2.45) is 5.92 Å². The van der Waals surface area contributed by atoms with Crippen molar-refractivity contribution in [1.29, 1.82) is 0 Å². The Morgan fingerprint density at radius 1 is 1.06 bits per heavy atom. The van der Waals surface area contributed by atoms with Gasteiger partial charge in [0.15, 0.2) is 0 Å². The van der Waals surface area contributed by atoms with Gasteiger partial charge in [-0.2, -0.15) is 0 Å². The summed E-state index contributed by atoms with van der Waals surface area (Å²) in [4.78, 5) is 30.0. The van der Waals surface area contributed by atoms with Gasteiger partial charge < -0.3 is 19.9 Å². The second-order valence-electron chi connectivity index (χ2n) is 8.10. The van der Waals surface area contributed by atoms with Gasteiger partial charge in [-0.1, -0.05) is 38.1 Å². The van der Waals surface area contributed by atoms with E-state index < -0.39 is 0 Å². The fourth-order valence-corrected chi connectivity index (χ4v) is 4.35. The van der Waals surface area contributed by atoms with Crippen LogP contribution in [0, 0.1) is 5.92 Å². The number of carbonyl (C=O) groups excluding carboxylic acids is 2. The summed E-state index contributed by atoms with van der Waals surface area (Å²) in [5.41, 5.74) is 0.690. The third-order valence-electron chi connectivity index (χ3n) is 6.33. The number of rotatable bonds is 9. The average molecular weight is 426 g/mol. The molecule has 2 amide bonds. The van der Waals surface area contributed by atoms with Crippen LogP contribution in [0.2, 0.25) is 0 Å². The maximum Gasteiger partial charge on any atom is 0.254 e. The number of piperidine rings is 1. The lowest BCUT2D eigenvalue weighted by Crippen LogP contribution is -2.43. The molecule has 1 aliphatic rings. The number of hydrogen-bond donors (Lipinski definition) is 1. The van der Waals surface area contributed by atoms with Crippen molar-refractivity contribution < 1.29 is 14.3 Å². The predicted molar refractivity (Wildman–Crippen MR) is 125 cm³/mol. The first-order chi connectivity index (χ1) is 15.1. The Labute approximate surface area is 185 Å². The summed E-state index contributed by atoms with van der Waals surface area (Å²) in [6.07, 6.45) is 2.39. The van der Waals surface area contributed by atoms with Gasteiger partial charge in [0.2, 0.25) is 5.91 Å². The van der Waals surface area contributed by atoms with Gasteiger partial charge in [0.05, 0.1) is 7.11 Å². The number of benzene rings is 2. The first kappa shape index (κ1) is 23.1. The zero-order chi connectivity index (χ0) is 22.2. The van der Waals surface area contributed by atoms with Crippen LogP contribution in [-0.4, -0.2) is 68.0 Å². The van der Waals surface area contributed by atoms with Crippen molar-refractivity contribution in [3.8, 4) is 5.75 Å². The van der Waals surface area contributed by atoms with Crippen molar-refractivity contribution in [3.05, 3.63) is 42.0 Å². The first-order valence-corrected chi connectivity index (χ1v) is 11.4. The molecule has 0 saturated carbocycles. The topological polar surface area (TPSA) is 61.9 Å². The van der Waals surface area contributed by atoms with E-state index in [0.29, 0.717) is 38.0 Å². The summed E-state index contributed by atoms with van der Waals surface area (Å²) in [5, 5.41) is 4.93. The molecule has 0 unspecified atom stereocenters. The molecule has 0 bridgehead atoms. The lowest BCUT2D eigenvalue weighted by Gasteiger charge is -2.31. The highest BCUT2D eigenvalue weighted by atomic mass is 16.5. The van der Waals surface area contributed by atoms with Crippen molar-refractivity contribution in [2.45, 2.75) is 33.1 Å². The molecule has 1 aliphatic heterocycles. The standard InChI is InChI=1S/C25H35N3O3/c1-4-27(5-2)16-8-15-26-24(29)19-13-17-28(18-14-19)25(30)22-11-12-23(31-3)21-10-7-6-9-20(21)22/h6-7,9-12,19H,4-5,8,13-18H2,1-3H3,(H,26,29). The van der Waals surface area contributed by atoms with Gasteiger partial charge in [-0.05, 0) is 56.4 Å². The highest BCUT2D eigenvalue weighted by Gasteiger charge is 2.28.